The fourth-order valence-corrected chi connectivity index (χ4v) is 1.12. The van der Waals surface area contributed by atoms with E-state index in [0.29, 0.717) is 0 Å². The predicted molar refractivity (Wildman–Crippen MR) is 49.4 cm³/mol. The molecule has 0 saturated carbocycles. The average molecular weight is 242 g/mol. The van der Waals surface area contributed by atoms with Crippen LogP contribution in [0.4, 0.5) is 19.0 Å². The highest BCUT2D eigenvalue weighted by atomic mass is 19.4. The molecule has 17 heavy (non-hydrogen) atoms. The number of nitrogen functional groups attached to an aromatic ring is 1. The summed E-state index contributed by atoms with van der Waals surface area (Å²) >= 11 is 0. The lowest BCUT2D eigenvalue weighted by Crippen LogP contribution is -2.19. The molecule has 88 valence electrons. The van der Waals surface area contributed by atoms with E-state index in [4.69, 9.17) is 16.3 Å². The van der Waals surface area contributed by atoms with Crippen LogP contribution in [0.2, 0.25) is 0 Å². The fraction of sp³-hybridized carbons (Fsp3) is 0.222. The molecule has 1 heterocycles. The van der Waals surface area contributed by atoms with E-state index < -0.39 is 17.8 Å². The first kappa shape index (κ1) is 12.6. The fourth-order valence-electron chi connectivity index (χ4n) is 1.12. The van der Waals surface area contributed by atoms with Crippen LogP contribution >= 0.6 is 0 Å². The van der Waals surface area contributed by atoms with E-state index in [0.717, 1.165) is 6.07 Å². The molecule has 8 heteroatoms. The number of hydrogen-bond donors (Lipinski definition) is 1. The van der Waals surface area contributed by atoms with Gasteiger partial charge in [-0.2, -0.15) is 15.5 Å². The Bertz CT molecular complexity index is 513. The molecule has 5 nitrogen and oxygen atoms in total. The smallest absolute Gasteiger partial charge is 0.386 e. The first-order chi connectivity index (χ1) is 7.87. The lowest BCUT2D eigenvalue weighted by atomic mass is 10.1. The zero-order chi connectivity index (χ0) is 13.1. The quantitative estimate of drug-likeness (QED) is 0.847. The number of nitriles is 2. The maximum absolute atomic E-state index is 12.0. The van der Waals surface area contributed by atoms with Crippen molar-refractivity contribution in [2.45, 2.75) is 12.8 Å². The Hall–Kier alpha value is -2.48. The van der Waals surface area contributed by atoms with Crippen molar-refractivity contribution >= 4 is 5.82 Å². The molecule has 0 radical (unpaired) electrons. The van der Waals surface area contributed by atoms with Gasteiger partial charge in [-0.15, -0.1) is 13.2 Å². The summed E-state index contributed by atoms with van der Waals surface area (Å²) in [4.78, 5) is 3.28. The third-order valence-corrected chi connectivity index (χ3v) is 1.68. The number of rotatable bonds is 2. The molecular weight excluding hydrogens is 237 g/mol. The van der Waals surface area contributed by atoms with E-state index in [9.17, 15) is 13.2 Å². The van der Waals surface area contributed by atoms with Gasteiger partial charge in [-0.05, 0) is 11.6 Å². The summed E-state index contributed by atoms with van der Waals surface area (Å²) in [6.07, 6.45) is -5.24. The Balaban J connectivity index is 3.30. The molecule has 0 amide bonds. The standard InChI is InChI=1S/C9H5F3N4O/c10-9(11,12)17-8-6(4-14)5(1-2-13)3-7(15)16-8/h3H,1H2,(H2,15,16). The molecule has 0 aromatic carbocycles. The van der Waals surface area contributed by atoms with E-state index in [1.807, 2.05) is 0 Å². The third kappa shape index (κ3) is 3.24. The molecule has 0 unspecified atom stereocenters. The Morgan fingerprint density at radius 2 is 2.06 bits per heavy atom. The Morgan fingerprint density at radius 1 is 1.41 bits per heavy atom. The van der Waals surface area contributed by atoms with Crippen molar-refractivity contribution in [3.63, 3.8) is 0 Å². The van der Waals surface area contributed by atoms with E-state index in [-0.39, 0.29) is 17.8 Å². The first-order valence-corrected chi connectivity index (χ1v) is 4.19. The van der Waals surface area contributed by atoms with Crippen molar-refractivity contribution in [2.24, 2.45) is 0 Å². The van der Waals surface area contributed by atoms with Crippen LogP contribution in [0.3, 0.4) is 0 Å². The average Bonchev–Trinajstić information content (AvgIpc) is 2.15. The van der Waals surface area contributed by atoms with Gasteiger partial charge in [-0.25, -0.2) is 0 Å². The number of nitrogens with two attached hydrogens (primary N) is 1. The second-order valence-corrected chi connectivity index (χ2v) is 2.88. The van der Waals surface area contributed by atoms with E-state index in [1.54, 1.807) is 6.07 Å². The van der Waals surface area contributed by atoms with Crippen molar-refractivity contribution < 1.29 is 17.9 Å². The highest BCUT2D eigenvalue weighted by Gasteiger charge is 2.33. The van der Waals surface area contributed by atoms with E-state index >= 15 is 0 Å². The number of aromatic nitrogens is 1. The van der Waals surface area contributed by atoms with Crippen LogP contribution in [0.1, 0.15) is 11.1 Å². The predicted octanol–water partition coefficient (Wildman–Crippen LogP) is 1.50. The normalized spacial score (nSPS) is 10.4. The summed E-state index contributed by atoms with van der Waals surface area (Å²) in [7, 11) is 0. The minimum atomic E-state index is -4.98. The summed E-state index contributed by atoms with van der Waals surface area (Å²) in [6.45, 7) is 0. The van der Waals surface area contributed by atoms with Gasteiger partial charge >= 0.3 is 6.36 Å². The minimum Gasteiger partial charge on any atom is -0.386 e. The summed E-state index contributed by atoms with van der Waals surface area (Å²) in [5.41, 5.74) is 4.85. The minimum absolute atomic E-state index is 0.0433. The van der Waals surface area contributed by atoms with Crippen LogP contribution in [-0.4, -0.2) is 11.3 Å². The van der Waals surface area contributed by atoms with Crippen molar-refractivity contribution in [2.75, 3.05) is 5.73 Å². The number of alkyl halides is 3. The van der Waals surface area contributed by atoms with Crippen LogP contribution in [0.15, 0.2) is 6.07 Å². The monoisotopic (exact) mass is 242 g/mol. The number of nitrogens with zero attached hydrogens (tertiary/aromatic N) is 3. The highest BCUT2D eigenvalue weighted by molar-refractivity contribution is 5.51. The van der Waals surface area contributed by atoms with Crippen molar-refractivity contribution in [3.8, 4) is 18.0 Å². The van der Waals surface area contributed by atoms with Gasteiger partial charge in [0, 0.05) is 0 Å². The van der Waals surface area contributed by atoms with Gasteiger partial charge in [-0.3, -0.25) is 0 Å². The Labute approximate surface area is 93.8 Å². The van der Waals surface area contributed by atoms with Gasteiger partial charge in [0.25, 0.3) is 0 Å². The van der Waals surface area contributed by atoms with Crippen LogP contribution in [0.25, 0.3) is 0 Å². The van der Waals surface area contributed by atoms with Crippen LogP contribution in [0.5, 0.6) is 5.88 Å². The van der Waals surface area contributed by atoms with Crippen molar-refractivity contribution in [1.29, 1.82) is 10.5 Å². The van der Waals surface area contributed by atoms with E-state index in [1.165, 1.54) is 6.07 Å². The lowest BCUT2D eigenvalue weighted by molar-refractivity contribution is -0.276. The molecule has 0 atom stereocenters. The van der Waals surface area contributed by atoms with Crippen LogP contribution < -0.4 is 10.5 Å². The summed E-state index contributed by atoms with van der Waals surface area (Å²) in [5, 5.41) is 17.2. The van der Waals surface area contributed by atoms with Gasteiger partial charge in [0.05, 0.1) is 12.5 Å². The number of hydrogen-bond acceptors (Lipinski definition) is 5. The summed E-state index contributed by atoms with van der Waals surface area (Å²) < 4.78 is 39.7. The molecule has 0 aliphatic rings. The second-order valence-electron chi connectivity index (χ2n) is 2.88. The SMILES string of the molecule is N#CCc1cc(N)nc(OC(F)(F)F)c1C#N. The number of pyridine rings is 1. The molecule has 0 saturated heterocycles. The topological polar surface area (TPSA) is 95.7 Å². The molecule has 2 N–H and O–H groups in total. The van der Waals surface area contributed by atoms with Crippen molar-refractivity contribution in [1.82, 2.24) is 4.98 Å². The van der Waals surface area contributed by atoms with Crippen LogP contribution in [0, 0.1) is 22.7 Å². The van der Waals surface area contributed by atoms with Gasteiger partial charge in [0.2, 0.25) is 5.88 Å². The summed E-state index contributed by atoms with van der Waals surface area (Å²) in [6, 6.07) is 4.37. The maximum Gasteiger partial charge on any atom is 0.574 e. The zero-order valence-electron chi connectivity index (χ0n) is 8.25. The molecule has 0 bridgehead atoms. The zero-order valence-corrected chi connectivity index (χ0v) is 8.25. The number of ether oxygens (including phenoxy) is 1. The molecular formula is C9H5F3N4O. The summed E-state index contributed by atoms with van der Waals surface area (Å²) in [5.74, 6) is -1.20. The van der Waals surface area contributed by atoms with E-state index in [2.05, 4.69) is 9.72 Å². The van der Waals surface area contributed by atoms with Gasteiger partial charge in [0.15, 0.2) is 0 Å². The number of anilines is 1. The molecule has 1 aromatic rings. The van der Waals surface area contributed by atoms with Crippen molar-refractivity contribution in [3.05, 3.63) is 17.2 Å². The molecule has 0 fully saturated rings. The Kier molecular flexibility index (Phi) is 3.39. The third-order valence-electron chi connectivity index (χ3n) is 1.68. The molecule has 1 rings (SSSR count). The second kappa shape index (κ2) is 4.58. The van der Waals surface area contributed by atoms with Gasteiger partial charge in [0.1, 0.15) is 17.5 Å². The van der Waals surface area contributed by atoms with Gasteiger partial charge in [-0.1, -0.05) is 0 Å². The molecule has 0 spiro atoms. The number of halogens is 3. The molecule has 1 aromatic heterocycles. The van der Waals surface area contributed by atoms with Crippen LogP contribution in [-0.2, 0) is 6.42 Å². The van der Waals surface area contributed by atoms with Gasteiger partial charge < -0.3 is 10.5 Å². The first-order valence-electron chi connectivity index (χ1n) is 4.19. The lowest BCUT2D eigenvalue weighted by Gasteiger charge is -2.11. The highest BCUT2D eigenvalue weighted by Crippen LogP contribution is 2.27. The maximum atomic E-state index is 12.0. The Morgan fingerprint density at radius 3 is 2.53 bits per heavy atom. The molecule has 0 aliphatic carbocycles. The molecule has 0 aliphatic heterocycles. The largest absolute Gasteiger partial charge is 0.574 e.